The predicted octanol–water partition coefficient (Wildman–Crippen LogP) is 0.395. The molecule has 0 spiro atoms. The number of aromatic nitrogens is 3. The Morgan fingerprint density at radius 2 is 1.94 bits per heavy atom. The molecule has 0 atom stereocenters. The molecular weight excluding hydrogens is 222 g/mol. The number of ether oxygens (including phenoxy) is 2. The van der Waals surface area contributed by atoms with Crippen LogP contribution in [0.25, 0.3) is 0 Å². The molecule has 1 aromatic heterocycles. The zero-order chi connectivity index (χ0) is 12.7. The van der Waals surface area contributed by atoms with E-state index in [0.29, 0.717) is 31.1 Å². The summed E-state index contributed by atoms with van der Waals surface area (Å²) in [5, 5.41) is 2.87. The van der Waals surface area contributed by atoms with Crippen molar-refractivity contribution in [2.24, 2.45) is 0 Å². The Bertz CT molecular complexity index is 345. The van der Waals surface area contributed by atoms with E-state index < -0.39 is 0 Å². The van der Waals surface area contributed by atoms with Crippen LogP contribution in [0.1, 0.15) is 6.42 Å². The average Bonchev–Trinajstić information content (AvgIpc) is 2.34. The summed E-state index contributed by atoms with van der Waals surface area (Å²) in [5.74, 6) is 1.05. The third-order valence-corrected chi connectivity index (χ3v) is 1.95. The van der Waals surface area contributed by atoms with E-state index in [4.69, 9.17) is 9.47 Å². The van der Waals surface area contributed by atoms with Crippen LogP contribution in [0, 0.1) is 0 Å². The van der Waals surface area contributed by atoms with Crippen LogP contribution >= 0.6 is 0 Å². The molecule has 0 bridgehead atoms. The Balaban J connectivity index is 2.66. The summed E-state index contributed by atoms with van der Waals surface area (Å²) < 4.78 is 10.4. The van der Waals surface area contributed by atoms with Gasteiger partial charge in [0.2, 0.25) is 11.9 Å². The van der Waals surface area contributed by atoms with Crippen molar-refractivity contribution in [3.63, 3.8) is 0 Å². The van der Waals surface area contributed by atoms with Crippen LogP contribution in [0.15, 0.2) is 0 Å². The Hall–Kier alpha value is -1.63. The number of hydrogen-bond acceptors (Lipinski definition) is 7. The topological polar surface area (TPSA) is 72.4 Å². The molecule has 7 nitrogen and oxygen atoms in total. The molecule has 0 aliphatic heterocycles. The average molecular weight is 241 g/mol. The standard InChI is InChI=1S/C10H19N5O2/c1-11-8-12-9(15(2)3)14-10(13-8)17-7-5-6-16-4/h5-7H2,1-4H3,(H,11,12,13,14). The van der Waals surface area contributed by atoms with Crippen LogP contribution in [0.3, 0.4) is 0 Å². The normalized spacial score (nSPS) is 10.1. The number of hydrogen-bond donors (Lipinski definition) is 1. The zero-order valence-corrected chi connectivity index (χ0v) is 10.7. The van der Waals surface area contributed by atoms with Crippen molar-refractivity contribution >= 4 is 11.9 Å². The first-order valence-corrected chi connectivity index (χ1v) is 5.40. The number of methoxy groups -OCH3 is 1. The molecule has 0 aromatic carbocycles. The third kappa shape index (κ3) is 4.39. The van der Waals surface area contributed by atoms with E-state index in [1.807, 2.05) is 14.1 Å². The highest BCUT2D eigenvalue weighted by Gasteiger charge is 2.07. The second kappa shape index (κ2) is 6.85. The van der Waals surface area contributed by atoms with Gasteiger partial charge in [0.05, 0.1) is 6.61 Å². The van der Waals surface area contributed by atoms with Gasteiger partial charge in [-0.25, -0.2) is 0 Å². The van der Waals surface area contributed by atoms with Crippen LogP contribution < -0.4 is 15.0 Å². The van der Waals surface area contributed by atoms with Crippen molar-refractivity contribution in [1.82, 2.24) is 15.0 Å². The van der Waals surface area contributed by atoms with E-state index in [0.717, 1.165) is 6.42 Å². The first kappa shape index (κ1) is 13.4. The fourth-order valence-electron chi connectivity index (χ4n) is 1.09. The van der Waals surface area contributed by atoms with Crippen LogP contribution in [0.5, 0.6) is 6.01 Å². The van der Waals surface area contributed by atoms with E-state index in [-0.39, 0.29) is 0 Å². The highest BCUT2D eigenvalue weighted by atomic mass is 16.5. The maximum atomic E-state index is 5.43. The Labute approximate surface area is 101 Å². The van der Waals surface area contributed by atoms with E-state index in [1.165, 1.54) is 0 Å². The SMILES string of the molecule is CNc1nc(OCCCOC)nc(N(C)C)n1. The molecule has 0 amide bonds. The van der Waals surface area contributed by atoms with Crippen molar-refractivity contribution in [2.75, 3.05) is 51.7 Å². The summed E-state index contributed by atoms with van der Waals surface area (Å²) in [6.45, 7) is 1.18. The highest BCUT2D eigenvalue weighted by molar-refractivity contribution is 5.36. The molecular formula is C10H19N5O2. The molecule has 0 aliphatic rings. The fraction of sp³-hybridized carbons (Fsp3) is 0.700. The Morgan fingerprint density at radius 3 is 2.53 bits per heavy atom. The van der Waals surface area contributed by atoms with Gasteiger partial charge in [0.1, 0.15) is 0 Å². The summed E-state index contributed by atoms with van der Waals surface area (Å²) >= 11 is 0. The number of anilines is 2. The zero-order valence-electron chi connectivity index (χ0n) is 10.7. The minimum Gasteiger partial charge on any atom is -0.463 e. The van der Waals surface area contributed by atoms with E-state index in [1.54, 1.807) is 19.1 Å². The summed E-state index contributed by atoms with van der Waals surface area (Å²) in [6.07, 6.45) is 0.800. The molecule has 1 N–H and O–H groups in total. The lowest BCUT2D eigenvalue weighted by Crippen LogP contribution is -2.16. The first-order chi connectivity index (χ1) is 8.17. The van der Waals surface area contributed by atoms with Crippen molar-refractivity contribution in [2.45, 2.75) is 6.42 Å². The molecule has 96 valence electrons. The predicted molar refractivity (Wildman–Crippen MR) is 65.7 cm³/mol. The van der Waals surface area contributed by atoms with Crippen LogP contribution in [0.2, 0.25) is 0 Å². The summed E-state index contributed by atoms with van der Waals surface area (Å²) in [6, 6.07) is 0.323. The molecule has 0 aliphatic carbocycles. The van der Waals surface area contributed by atoms with Gasteiger partial charge in [-0.15, -0.1) is 0 Å². The lowest BCUT2D eigenvalue weighted by Gasteiger charge is -2.12. The van der Waals surface area contributed by atoms with Crippen LogP contribution in [-0.2, 0) is 4.74 Å². The smallest absolute Gasteiger partial charge is 0.323 e. The fourth-order valence-corrected chi connectivity index (χ4v) is 1.09. The molecule has 1 rings (SSSR count). The second-order valence-corrected chi connectivity index (χ2v) is 3.58. The molecule has 0 radical (unpaired) electrons. The van der Waals surface area contributed by atoms with E-state index in [2.05, 4.69) is 20.3 Å². The molecule has 0 fully saturated rings. The summed E-state index contributed by atoms with van der Waals surface area (Å²) in [7, 11) is 7.14. The van der Waals surface area contributed by atoms with Crippen molar-refractivity contribution in [3.8, 4) is 6.01 Å². The van der Waals surface area contributed by atoms with Crippen molar-refractivity contribution in [1.29, 1.82) is 0 Å². The van der Waals surface area contributed by atoms with E-state index >= 15 is 0 Å². The second-order valence-electron chi connectivity index (χ2n) is 3.58. The van der Waals surface area contributed by atoms with Gasteiger partial charge in [-0.3, -0.25) is 0 Å². The summed E-state index contributed by atoms with van der Waals surface area (Å²) in [4.78, 5) is 14.3. The lowest BCUT2D eigenvalue weighted by molar-refractivity contribution is 0.168. The lowest BCUT2D eigenvalue weighted by atomic mass is 10.5. The van der Waals surface area contributed by atoms with Crippen molar-refractivity contribution < 1.29 is 9.47 Å². The van der Waals surface area contributed by atoms with Crippen LogP contribution in [0.4, 0.5) is 11.9 Å². The van der Waals surface area contributed by atoms with Gasteiger partial charge in [0.15, 0.2) is 0 Å². The first-order valence-electron chi connectivity index (χ1n) is 5.40. The van der Waals surface area contributed by atoms with Gasteiger partial charge in [-0.1, -0.05) is 0 Å². The van der Waals surface area contributed by atoms with E-state index in [9.17, 15) is 0 Å². The molecule has 1 heterocycles. The number of nitrogens with zero attached hydrogens (tertiary/aromatic N) is 4. The minimum absolute atomic E-state index is 0.323. The van der Waals surface area contributed by atoms with Gasteiger partial charge in [0, 0.05) is 41.3 Å². The summed E-state index contributed by atoms with van der Waals surface area (Å²) in [5.41, 5.74) is 0. The van der Waals surface area contributed by atoms with Gasteiger partial charge in [-0.05, 0) is 0 Å². The quantitative estimate of drug-likeness (QED) is 0.692. The minimum atomic E-state index is 0.323. The van der Waals surface area contributed by atoms with Crippen molar-refractivity contribution in [3.05, 3.63) is 0 Å². The highest BCUT2D eigenvalue weighted by Crippen LogP contribution is 2.12. The number of rotatable bonds is 7. The molecule has 1 aromatic rings. The molecule has 0 unspecified atom stereocenters. The third-order valence-electron chi connectivity index (χ3n) is 1.95. The molecule has 0 saturated heterocycles. The molecule has 17 heavy (non-hydrogen) atoms. The van der Waals surface area contributed by atoms with Gasteiger partial charge < -0.3 is 19.7 Å². The maximum Gasteiger partial charge on any atom is 0.323 e. The van der Waals surface area contributed by atoms with Crippen LogP contribution in [-0.4, -0.2) is 56.4 Å². The van der Waals surface area contributed by atoms with Gasteiger partial charge >= 0.3 is 6.01 Å². The number of nitrogens with one attached hydrogen (secondary N) is 1. The molecule has 0 saturated carbocycles. The Morgan fingerprint density at radius 1 is 1.18 bits per heavy atom. The Kier molecular flexibility index (Phi) is 5.41. The largest absolute Gasteiger partial charge is 0.463 e. The monoisotopic (exact) mass is 241 g/mol. The van der Waals surface area contributed by atoms with Gasteiger partial charge in [0.25, 0.3) is 0 Å². The van der Waals surface area contributed by atoms with Gasteiger partial charge in [-0.2, -0.15) is 15.0 Å². The molecule has 7 heteroatoms. The maximum absolute atomic E-state index is 5.43.